The van der Waals surface area contributed by atoms with E-state index in [0.717, 1.165) is 24.2 Å². The molecule has 0 aliphatic carbocycles. The van der Waals surface area contributed by atoms with Gasteiger partial charge in [0.25, 0.3) is 0 Å². The van der Waals surface area contributed by atoms with Crippen molar-refractivity contribution < 1.29 is 19.4 Å². The molecule has 0 radical (unpaired) electrons. The van der Waals surface area contributed by atoms with Crippen LogP contribution in [0.2, 0.25) is 0 Å². The number of ether oxygens (including phenoxy) is 1. The number of aromatic nitrogens is 2. The third-order valence-corrected chi connectivity index (χ3v) is 4.90. The van der Waals surface area contributed by atoms with Crippen molar-refractivity contribution in [3.63, 3.8) is 0 Å². The van der Waals surface area contributed by atoms with Crippen LogP contribution in [-0.2, 0) is 11.2 Å². The smallest absolute Gasteiger partial charge is 0.338 e. The summed E-state index contributed by atoms with van der Waals surface area (Å²) in [5.74, 6) is 0.0384. The molecule has 0 atom stereocenters. The van der Waals surface area contributed by atoms with Crippen molar-refractivity contribution in [2.24, 2.45) is 0 Å². The molecule has 1 amide bonds. The van der Waals surface area contributed by atoms with Crippen molar-refractivity contribution in [1.29, 1.82) is 0 Å². The summed E-state index contributed by atoms with van der Waals surface area (Å²) in [6.07, 6.45) is 5.72. The van der Waals surface area contributed by atoms with Crippen LogP contribution >= 0.6 is 0 Å². The number of carboxylic acid groups (broad SMARTS) is 1. The van der Waals surface area contributed by atoms with E-state index in [4.69, 9.17) is 9.84 Å². The van der Waals surface area contributed by atoms with Gasteiger partial charge in [-0.2, -0.15) is 5.10 Å². The summed E-state index contributed by atoms with van der Waals surface area (Å²) in [6.45, 7) is 3.95. The quantitative estimate of drug-likeness (QED) is 0.809. The third-order valence-electron chi connectivity index (χ3n) is 4.90. The molecule has 1 aliphatic heterocycles. The minimum absolute atomic E-state index is 0.147. The fraction of sp³-hybridized carbons (Fsp3) is 0.450. The number of aromatic carboxylic acids is 1. The molecule has 0 unspecified atom stereocenters. The standard InChI is InChI=1S/C20H25N3O4/c1-2-27-18-6-3-15(4-7-18)5-8-19(24)22-11-9-17(10-12-22)23-14-16(13-21-23)20(25)26/h3-4,6-7,13-14,17H,2,5,8-12H2,1H3,(H,25,26). The molecule has 1 fully saturated rings. The molecule has 2 aromatic rings. The lowest BCUT2D eigenvalue weighted by molar-refractivity contribution is -0.132. The normalized spacial score (nSPS) is 14.9. The van der Waals surface area contributed by atoms with Crippen LogP contribution in [0.3, 0.4) is 0 Å². The summed E-state index contributed by atoms with van der Waals surface area (Å²) < 4.78 is 7.14. The highest BCUT2D eigenvalue weighted by molar-refractivity contribution is 5.86. The zero-order chi connectivity index (χ0) is 19.2. The number of benzene rings is 1. The zero-order valence-electron chi connectivity index (χ0n) is 15.5. The highest BCUT2D eigenvalue weighted by Crippen LogP contribution is 2.23. The van der Waals surface area contributed by atoms with Crippen LogP contribution in [0.5, 0.6) is 5.75 Å². The van der Waals surface area contributed by atoms with E-state index in [1.807, 2.05) is 36.1 Å². The maximum atomic E-state index is 12.5. The minimum Gasteiger partial charge on any atom is -0.494 e. The number of carbonyl (C=O) groups excluding carboxylic acids is 1. The molecule has 0 saturated carbocycles. The van der Waals surface area contributed by atoms with Crippen molar-refractivity contribution in [2.45, 2.75) is 38.6 Å². The van der Waals surface area contributed by atoms with Gasteiger partial charge >= 0.3 is 5.97 Å². The molecule has 27 heavy (non-hydrogen) atoms. The number of likely N-dealkylation sites (tertiary alicyclic amines) is 1. The Morgan fingerprint density at radius 3 is 2.52 bits per heavy atom. The molecule has 1 N–H and O–H groups in total. The van der Waals surface area contributed by atoms with E-state index in [0.29, 0.717) is 32.5 Å². The first-order chi connectivity index (χ1) is 13.1. The van der Waals surface area contributed by atoms with Crippen molar-refractivity contribution >= 4 is 11.9 Å². The highest BCUT2D eigenvalue weighted by atomic mass is 16.5. The van der Waals surface area contributed by atoms with Crippen LogP contribution < -0.4 is 4.74 Å². The minimum atomic E-state index is -0.969. The molecule has 7 heteroatoms. The number of piperidine rings is 1. The average Bonchev–Trinajstić information content (AvgIpc) is 3.18. The molecular formula is C20H25N3O4. The van der Waals surface area contributed by atoms with Crippen LogP contribution in [0.15, 0.2) is 36.7 Å². The fourth-order valence-corrected chi connectivity index (χ4v) is 3.36. The first-order valence-corrected chi connectivity index (χ1v) is 9.33. The van der Waals surface area contributed by atoms with Gasteiger partial charge in [0.05, 0.1) is 24.4 Å². The first kappa shape index (κ1) is 18.9. The molecule has 1 aliphatic rings. The van der Waals surface area contributed by atoms with Crippen molar-refractivity contribution in [3.8, 4) is 5.75 Å². The zero-order valence-corrected chi connectivity index (χ0v) is 15.5. The predicted octanol–water partition coefficient (Wildman–Crippen LogP) is 2.78. The lowest BCUT2D eigenvalue weighted by atomic mass is 10.0. The van der Waals surface area contributed by atoms with Crippen LogP contribution in [0.25, 0.3) is 0 Å². The molecule has 144 valence electrons. The molecule has 7 nitrogen and oxygen atoms in total. The number of nitrogens with zero attached hydrogens (tertiary/aromatic N) is 3. The van der Waals surface area contributed by atoms with Gasteiger partial charge in [0, 0.05) is 25.7 Å². The lowest BCUT2D eigenvalue weighted by Crippen LogP contribution is -2.39. The van der Waals surface area contributed by atoms with E-state index in [1.54, 1.807) is 10.9 Å². The van der Waals surface area contributed by atoms with Crippen LogP contribution in [0.4, 0.5) is 0 Å². The Kier molecular flexibility index (Phi) is 6.11. The molecule has 0 bridgehead atoms. The summed E-state index contributed by atoms with van der Waals surface area (Å²) in [7, 11) is 0. The second kappa shape index (κ2) is 8.70. The SMILES string of the molecule is CCOc1ccc(CCC(=O)N2CCC(n3cc(C(=O)O)cn3)CC2)cc1. The second-order valence-corrected chi connectivity index (χ2v) is 6.70. The maximum Gasteiger partial charge on any atom is 0.338 e. The molecule has 1 saturated heterocycles. The third kappa shape index (κ3) is 4.87. The molecule has 2 heterocycles. The van der Waals surface area contributed by atoms with Gasteiger partial charge in [-0.3, -0.25) is 9.48 Å². The van der Waals surface area contributed by atoms with Gasteiger partial charge in [-0.05, 0) is 43.9 Å². The first-order valence-electron chi connectivity index (χ1n) is 9.33. The van der Waals surface area contributed by atoms with Crippen LogP contribution in [0, 0.1) is 0 Å². The molecule has 1 aromatic heterocycles. The summed E-state index contributed by atoms with van der Waals surface area (Å²) >= 11 is 0. The summed E-state index contributed by atoms with van der Waals surface area (Å²) in [5, 5.41) is 13.1. The van der Waals surface area contributed by atoms with E-state index in [9.17, 15) is 9.59 Å². The van der Waals surface area contributed by atoms with E-state index in [1.165, 1.54) is 6.20 Å². The average molecular weight is 371 g/mol. The number of carbonyl (C=O) groups is 2. The maximum absolute atomic E-state index is 12.5. The van der Waals surface area contributed by atoms with Crippen molar-refractivity contribution in [1.82, 2.24) is 14.7 Å². The van der Waals surface area contributed by atoms with Gasteiger partial charge in [0.2, 0.25) is 5.91 Å². The van der Waals surface area contributed by atoms with Gasteiger partial charge in [-0.15, -0.1) is 0 Å². The number of hydrogen-bond donors (Lipinski definition) is 1. The van der Waals surface area contributed by atoms with Crippen molar-refractivity contribution in [2.75, 3.05) is 19.7 Å². The monoisotopic (exact) mass is 371 g/mol. The van der Waals surface area contributed by atoms with Gasteiger partial charge in [-0.1, -0.05) is 12.1 Å². The molecule has 1 aromatic carbocycles. The second-order valence-electron chi connectivity index (χ2n) is 6.70. The Morgan fingerprint density at radius 1 is 1.22 bits per heavy atom. The number of amides is 1. The van der Waals surface area contributed by atoms with E-state index < -0.39 is 5.97 Å². The topological polar surface area (TPSA) is 84.7 Å². The predicted molar refractivity (Wildman–Crippen MR) is 100.0 cm³/mol. The number of aryl methyl sites for hydroxylation is 1. The molecule has 0 spiro atoms. The fourth-order valence-electron chi connectivity index (χ4n) is 3.36. The Balaban J connectivity index is 1.45. The number of hydrogen-bond acceptors (Lipinski definition) is 4. The largest absolute Gasteiger partial charge is 0.494 e. The van der Waals surface area contributed by atoms with Gasteiger partial charge in [0.1, 0.15) is 5.75 Å². The van der Waals surface area contributed by atoms with E-state index in [-0.39, 0.29) is 17.5 Å². The van der Waals surface area contributed by atoms with Crippen LogP contribution in [0.1, 0.15) is 48.1 Å². The van der Waals surface area contributed by atoms with Gasteiger partial charge in [-0.25, -0.2) is 4.79 Å². The Labute approximate surface area is 158 Å². The van der Waals surface area contributed by atoms with Crippen LogP contribution in [-0.4, -0.2) is 51.4 Å². The highest BCUT2D eigenvalue weighted by Gasteiger charge is 2.24. The van der Waals surface area contributed by atoms with Gasteiger partial charge < -0.3 is 14.7 Å². The summed E-state index contributed by atoms with van der Waals surface area (Å²) in [5.41, 5.74) is 1.32. The van der Waals surface area contributed by atoms with E-state index in [2.05, 4.69) is 5.10 Å². The van der Waals surface area contributed by atoms with E-state index >= 15 is 0 Å². The lowest BCUT2D eigenvalue weighted by Gasteiger charge is -2.32. The van der Waals surface area contributed by atoms with Gasteiger partial charge in [0.15, 0.2) is 0 Å². The Hall–Kier alpha value is -2.83. The molecule has 3 rings (SSSR count). The summed E-state index contributed by atoms with van der Waals surface area (Å²) in [6, 6.07) is 8.02. The Morgan fingerprint density at radius 2 is 1.93 bits per heavy atom. The number of rotatable bonds is 7. The Bertz CT molecular complexity index is 777. The summed E-state index contributed by atoms with van der Waals surface area (Å²) in [4.78, 5) is 25.3. The van der Waals surface area contributed by atoms with Crippen molar-refractivity contribution in [3.05, 3.63) is 47.8 Å². The number of carboxylic acids is 1. The molecular weight excluding hydrogens is 346 g/mol.